The first-order chi connectivity index (χ1) is 7.24. The van der Waals surface area contributed by atoms with Gasteiger partial charge in [-0.2, -0.15) is 0 Å². The lowest BCUT2D eigenvalue weighted by Gasteiger charge is -2.11. The van der Waals surface area contributed by atoms with E-state index in [1.807, 2.05) is 38.1 Å². The van der Waals surface area contributed by atoms with Gasteiger partial charge in [-0.15, -0.1) is 0 Å². The molecule has 1 rings (SSSR count). The number of nitrogens with two attached hydrogens (primary N) is 1. The number of hydrogen-bond acceptors (Lipinski definition) is 2. The second kappa shape index (κ2) is 6.25. The highest BCUT2D eigenvalue weighted by Gasteiger charge is 2.01. The standard InChI is InChI=1S/C13H19NO/c1-11(2)15-13-9-4-3-7-12(13)8-5-6-10-14/h3-5,7-9,11H,6,10,14H2,1-2H3. The second-order valence-electron chi connectivity index (χ2n) is 3.68. The molecule has 0 heterocycles. The summed E-state index contributed by atoms with van der Waals surface area (Å²) in [6, 6.07) is 8.03. The molecular weight excluding hydrogens is 186 g/mol. The van der Waals surface area contributed by atoms with E-state index >= 15 is 0 Å². The highest BCUT2D eigenvalue weighted by Crippen LogP contribution is 2.20. The molecule has 0 aliphatic heterocycles. The zero-order chi connectivity index (χ0) is 11.1. The van der Waals surface area contributed by atoms with Crippen molar-refractivity contribution in [2.45, 2.75) is 26.4 Å². The fraction of sp³-hybridized carbons (Fsp3) is 0.385. The zero-order valence-electron chi connectivity index (χ0n) is 9.44. The summed E-state index contributed by atoms with van der Waals surface area (Å²) in [6.45, 7) is 4.74. The summed E-state index contributed by atoms with van der Waals surface area (Å²) >= 11 is 0. The summed E-state index contributed by atoms with van der Waals surface area (Å²) < 4.78 is 5.69. The number of benzene rings is 1. The third-order valence-electron chi connectivity index (χ3n) is 1.91. The second-order valence-corrected chi connectivity index (χ2v) is 3.68. The van der Waals surface area contributed by atoms with Crippen molar-refractivity contribution in [3.05, 3.63) is 35.9 Å². The van der Waals surface area contributed by atoms with Crippen LogP contribution in [0.15, 0.2) is 30.3 Å². The van der Waals surface area contributed by atoms with E-state index in [1.165, 1.54) is 0 Å². The van der Waals surface area contributed by atoms with Gasteiger partial charge in [0.25, 0.3) is 0 Å². The lowest BCUT2D eigenvalue weighted by Crippen LogP contribution is -2.06. The molecule has 0 unspecified atom stereocenters. The van der Waals surface area contributed by atoms with E-state index in [4.69, 9.17) is 10.5 Å². The fourth-order valence-electron chi connectivity index (χ4n) is 1.29. The first kappa shape index (κ1) is 11.8. The van der Waals surface area contributed by atoms with Gasteiger partial charge in [-0.25, -0.2) is 0 Å². The van der Waals surface area contributed by atoms with Crippen molar-refractivity contribution in [2.75, 3.05) is 6.54 Å². The molecule has 0 bridgehead atoms. The predicted molar refractivity (Wildman–Crippen MR) is 64.9 cm³/mol. The van der Waals surface area contributed by atoms with Crippen LogP contribution in [-0.2, 0) is 0 Å². The van der Waals surface area contributed by atoms with Gasteiger partial charge in [0.1, 0.15) is 5.75 Å². The largest absolute Gasteiger partial charge is 0.490 e. The molecular formula is C13H19NO. The lowest BCUT2D eigenvalue weighted by atomic mass is 10.1. The Morgan fingerprint density at radius 1 is 1.33 bits per heavy atom. The van der Waals surface area contributed by atoms with Crippen molar-refractivity contribution in [3.8, 4) is 5.75 Å². The lowest BCUT2D eigenvalue weighted by molar-refractivity contribution is 0.242. The molecule has 0 fully saturated rings. The molecule has 2 nitrogen and oxygen atoms in total. The number of hydrogen-bond donors (Lipinski definition) is 1. The van der Waals surface area contributed by atoms with Crippen LogP contribution in [0, 0.1) is 0 Å². The molecule has 1 aromatic carbocycles. The molecule has 2 N–H and O–H groups in total. The summed E-state index contributed by atoms with van der Waals surface area (Å²) in [7, 11) is 0. The SMILES string of the molecule is CC(C)Oc1ccccc1C=CCCN. The Morgan fingerprint density at radius 3 is 2.73 bits per heavy atom. The van der Waals surface area contributed by atoms with Crippen LogP contribution in [0.1, 0.15) is 25.8 Å². The summed E-state index contributed by atoms with van der Waals surface area (Å²) in [5, 5.41) is 0. The van der Waals surface area contributed by atoms with Crippen LogP contribution in [0.4, 0.5) is 0 Å². The minimum atomic E-state index is 0.203. The number of ether oxygens (including phenoxy) is 1. The van der Waals surface area contributed by atoms with Crippen LogP contribution in [0.25, 0.3) is 6.08 Å². The van der Waals surface area contributed by atoms with Crippen molar-refractivity contribution in [3.63, 3.8) is 0 Å². The van der Waals surface area contributed by atoms with E-state index in [0.717, 1.165) is 17.7 Å². The summed E-state index contributed by atoms with van der Waals surface area (Å²) in [5.74, 6) is 0.931. The van der Waals surface area contributed by atoms with Gasteiger partial charge in [0.15, 0.2) is 0 Å². The van der Waals surface area contributed by atoms with Gasteiger partial charge < -0.3 is 10.5 Å². The molecule has 0 aliphatic carbocycles. The Kier molecular flexibility index (Phi) is 4.91. The van der Waals surface area contributed by atoms with Crippen LogP contribution in [0.2, 0.25) is 0 Å². The third kappa shape index (κ3) is 4.17. The van der Waals surface area contributed by atoms with Crippen LogP contribution < -0.4 is 10.5 Å². The zero-order valence-corrected chi connectivity index (χ0v) is 9.44. The van der Waals surface area contributed by atoms with E-state index < -0.39 is 0 Å². The van der Waals surface area contributed by atoms with Gasteiger partial charge >= 0.3 is 0 Å². The maximum Gasteiger partial charge on any atom is 0.126 e. The topological polar surface area (TPSA) is 35.2 Å². The first-order valence-electron chi connectivity index (χ1n) is 5.36. The first-order valence-corrected chi connectivity index (χ1v) is 5.36. The number of para-hydroxylation sites is 1. The normalized spacial score (nSPS) is 11.2. The third-order valence-corrected chi connectivity index (χ3v) is 1.91. The summed E-state index contributed by atoms with van der Waals surface area (Å²) in [4.78, 5) is 0. The van der Waals surface area contributed by atoms with Gasteiger partial charge in [-0.1, -0.05) is 30.4 Å². The smallest absolute Gasteiger partial charge is 0.126 e. The molecule has 0 atom stereocenters. The van der Waals surface area contributed by atoms with Crippen LogP contribution in [0.3, 0.4) is 0 Å². The van der Waals surface area contributed by atoms with Gasteiger partial charge in [-0.3, -0.25) is 0 Å². The van der Waals surface area contributed by atoms with Crippen molar-refractivity contribution in [1.29, 1.82) is 0 Å². The van der Waals surface area contributed by atoms with Crippen molar-refractivity contribution < 1.29 is 4.74 Å². The monoisotopic (exact) mass is 205 g/mol. The van der Waals surface area contributed by atoms with E-state index in [0.29, 0.717) is 6.54 Å². The fourth-order valence-corrected chi connectivity index (χ4v) is 1.29. The molecule has 1 aromatic rings. The molecule has 0 aliphatic rings. The summed E-state index contributed by atoms with van der Waals surface area (Å²) in [6.07, 6.45) is 5.23. The minimum Gasteiger partial charge on any atom is -0.490 e. The Labute approximate surface area is 91.7 Å². The Morgan fingerprint density at radius 2 is 2.07 bits per heavy atom. The van der Waals surface area contributed by atoms with Crippen LogP contribution in [-0.4, -0.2) is 12.6 Å². The van der Waals surface area contributed by atoms with Gasteiger partial charge in [0.05, 0.1) is 6.10 Å². The van der Waals surface area contributed by atoms with E-state index in [2.05, 4.69) is 12.2 Å². The molecule has 82 valence electrons. The van der Waals surface area contributed by atoms with Crippen LogP contribution in [0.5, 0.6) is 5.75 Å². The van der Waals surface area contributed by atoms with Crippen molar-refractivity contribution in [2.24, 2.45) is 5.73 Å². The average Bonchev–Trinajstić information content (AvgIpc) is 2.20. The Balaban J connectivity index is 2.76. The van der Waals surface area contributed by atoms with E-state index in [9.17, 15) is 0 Å². The highest BCUT2D eigenvalue weighted by atomic mass is 16.5. The molecule has 0 saturated carbocycles. The Bertz CT molecular complexity index is 318. The quantitative estimate of drug-likeness (QED) is 0.802. The maximum atomic E-state index is 5.69. The van der Waals surface area contributed by atoms with Gasteiger partial charge in [0, 0.05) is 5.56 Å². The average molecular weight is 205 g/mol. The molecule has 0 amide bonds. The van der Waals surface area contributed by atoms with Crippen LogP contribution >= 0.6 is 0 Å². The Hall–Kier alpha value is -1.28. The van der Waals surface area contributed by atoms with Gasteiger partial charge in [0.2, 0.25) is 0 Å². The molecule has 15 heavy (non-hydrogen) atoms. The molecule has 0 aromatic heterocycles. The summed E-state index contributed by atoms with van der Waals surface area (Å²) in [5.41, 5.74) is 6.54. The van der Waals surface area contributed by atoms with Crippen molar-refractivity contribution in [1.82, 2.24) is 0 Å². The molecule has 0 saturated heterocycles. The van der Waals surface area contributed by atoms with E-state index in [-0.39, 0.29) is 6.10 Å². The molecule has 0 radical (unpaired) electrons. The maximum absolute atomic E-state index is 5.69. The van der Waals surface area contributed by atoms with Gasteiger partial charge in [-0.05, 0) is 32.9 Å². The molecule has 2 heteroatoms. The van der Waals surface area contributed by atoms with E-state index in [1.54, 1.807) is 0 Å². The highest BCUT2D eigenvalue weighted by molar-refractivity contribution is 5.57. The number of rotatable bonds is 5. The minimum absolute atomic E-state index is 0.203. The van der Waals surface area contributed by atoms with Crippen molar-refractivity contribution >= 4 is 6.08 Å². The molecule has 0 spiro atoms. The predicted octanol–water partition coefficient (Wildman–Crippen LogP) is 2.84.